The monoisotopic (exact) mass is 185 g/mol. The second-order valence-corrected chi connectivity index (χ2v) is 3.38. The minimum Gasteiger partial charge on any atom is -0.479 e. The zero-order valence-corrected chi connectivity index (χ0v) is 8.38. The van der Waals surface area contributed by atoms with Crippen LogP contribution in [-0.2, 0) is 4.74 Å². The molecule has 0 saturated heterocycles. The second kappa shape index (κ2) is 4.40. The van der Waals surface area contributed by atoms with E-state index >= 15 is 0 Å². The molecule has 0 aliphatic carbocycles. The fraction of sp³-hybridized carbons (Fsp3) is 0.700. The Labute approximate surface area is 78.5 Å². The average Bonchev–Trinajstić information content (AvgIpc) is 2.17. The highest BCUT2D eigenvalue weighted by Gasteiger charge is 2.21. The highest BCUT2D eigenvalue weighted by molar-refractivity contribution is 5.91. The number of dihydropyridines is 1. The molecule has 1 unspecified atom stereocenters. The molecule has 0 aromatic carbocycles. The smallest absolute Gasteiger partial charge is 0.245 e. The van der Waals surface area contributed by atoms with Crippen LogP contribution in [0.15, 0.2) is 16.9 Å². The van der Waals surface area contributed by atoms with Gasteiger partial charge in [-0.1, -0.05) is 20.3 Å². The van der Waals surface area contributed by atoms with Crippen LogP contribution in [0.2, 0.25) is 0 Å². The molecule has 0 amide bonds. The molecule has 0 bridgehead atoms. The third-order valence-corrected chi connectivity index (χ3v) is 2.52. The summed E-state index contributed by atoms with van der Waals surface area (Å²) in [6.45, 7) is 4.24. The van der Waals surface area contributed by atoms with Crippen molar-refractivity contribution in [2.45, 2.75) is 32.7 Å². The quantitative estimate of drug-likeness (QED) is 0.648. The number of methoxy groups -OCH3 is 1. The van der Waals surface area contributed by atoms with Crippen molar-refractivity contribution in [2.24, 2.45) is 10.9 Å². The molecule has 0 radical (unpaired) electrons. The normalized spacial score (nSPS) is 24.8. The van der Waals surface area contributed by atoms with Crippen LogP contribution in [0.5, 0.6) is 0 Å². The summed E-state index contributed by atoms with van der Waals surface area (Å²) < 4.78 is 17.8. The molecule has 3 heteroatoms. The van der Waals surface area contributed by atoms with Gasteiger partial charge in [0.2, 0.25) is 5.90 Å². The minimum atomic E-state index is -0.331. The van der Waals surface area contributed by atoms with E-state index in [1.54, 1.807) is 6.08 Å². The molecular formula is C10H16FNO. The van der Waals surface area contributed by atoms with Crippen LogP contribution >= 0.6 is 0 Å². The molecule has 74 valence electrons. The van der Waals surface area contributed by atoms with E-state index in [9.17, 15) is 4.39 Å². The van der Waals surface area contributed by atoms with Crippen molar-refractivity contribution in [3.63, 3.8) is 0 Å². The second-order valence-electron chi connectivity index (χ2n) is 3.38. The maximum absolute atomic E-state index is 13.0. The summed E-state index contributed by atoms with van der Waals surface area (Å²) in [6.07, 6.45) is 3.30. The first-order chi connectivity index (χ1) is 6.19. The van der Waals surface area contributed by atoms with Crippen molar-refractivity contribution in [1.29, 1.82) is 0 Å². The van der Waals surface area contributed by atoms with Gasteiger partial charge in [-0.25, -0.2) is 9.38 Å². The first kappa shape index (κ1) is 10.2. The number of hydrogen-bond acceptors (Lipinski definition) is 2. The molecule has 1 heterocycles. The fourth-order valence-corrected chi connectivity index (χ4v) is 1.36. The Bertz CT molecular complexity index is 235. The zero-order valence-electron chi connectivity index (χ0n) is 8.38. The van der Waals surface area contributed by atoms with Crippen molar-refractivity contribution in [3.8, 4) is 0 Å². The summed E-state index contributed by atoms with van der Waals surface area (Å²) >= 11 is 0. The van der Waals surface area contributed by atoms with Gasteiger partial charge in [-0.2, -0.15) is 0 Å². The van der Waals surface area contributed by atoms with E-state index in [0.29, 0.717) is 12.3 Å². The Balaban J connectivity index is 2.70. The predicted octanol–water partition coefficient (Wildman–Crippen LogP) is 2.70. The summed E-state index contributed by atoms with van der Waals surface area (Å²) in [7, 11) is 1.45. The predicted molar refractivity (Wildman–Crippen MR) is 51.5 cm³/mol. The Morgan fingerprint density at radius 1 is 1.77 bits per heavy atom. The summed E-state index contributed by atoms with van der Waals surface area (Å²) in [5.74, 6) is 0.299. The third kappa shape index (κ3) is 2.29. The number of ether oxygens (including phenoxy) is 1. The van der Waals surface area contributed by atoms with Gasteiger partial charge >= 0.3 is 0 Å². The Morgan fingerprint density at radius 3 is 3.00 bits per heavy atom. The van der Waals surface area contributed by atoms with Gasteiger partial charge in [0.15, 0.2) is 5.83 Å². The van der Waals surface area contributed by atoms with E-state index in [1.807, 2.05) is 0 Å². The average molecular weight is 185 g/mol. The summed E-state index contributed by atoms with van der Waals surface area (Å²) in [5.41, 5.74) is 0. The topological polar surface area (TPSA) is 21.6 Å². The summed E-state index contributed by atoms with van der Waals surface area (Å²) in [4.78, 5) is 4.20. The molecule has 0 N–H and O–H groups in total. The number of rotatable bonds is 2. The Kier molecular flexibility index (Phi) is 3.46. The van der Waals surface area contributed by atoms with Crippen molar-refractivity contribution < 1.29 is 9.13 Å². The lowest BCUT2D eigenvalue weighted by molar-refractivity contribution is 0.362. The van der Waals surface area contributed by atoms with Gasteiger partial charge in [-0.05, 0) is 18.4 Å². The van der Waals surface area contributed by atoms with Crippen LogP contribution in [0.4, 0.5) is 4.39 Å². The first-order valence-electron chi connectivity index (χ1n) is 4.66. The molecule has 0 saturated carbocycles. The van der Waals surface area contributed by atoms with Gasteiger partial charge in [-0.15, -0.1) is 0 Å². The molecule has 2 nitrogen and oxygen atoms in total. The summed E-state index contributed by atoms with van der Waals surface area (Å²) in [6, 6.07) is 0.180. The Morgan fingerprint density at radius 2 is 2.46 bits per heavy atom. The number of hydrogen-bond donors (Lipinski definition) is 0. The lowest BCUT2D eigenvalue weighted by Crippen LogP contribution is -2.21. The summed E-state index contributed by atoms with van der Waals surface area (Å²) in [5, 5.41) is 0. The highest BCUT2D eigenvalue weighted by Crippen LogP contribution is 2.22. The van der Waals surface area contributed by atoms with Crippen LogP contribution in [-0.4, -0.2) is 19.0 Å². The van der Waals surface area contributed by atoms with E-state index in [1.165, 1.54) is 7.11 Å². The number of nitrogens with zero attached hydrogens (tertiary/aromatic N) is 1. The zero-order chi connectivity index (χ0) is 9.84. The van der Waals surface area contributed by atoms with Crippen LogP contribution < -0.4 is 0 Å². The third-order valence-electron chi connectivity index (χ3n) is 2.52. The van der Waals surface area contributed by atoms with E-state index in [2.05, 4.69) is 18.8 Å². The molecule has 0 aromatic heterocycles. The molecule has 1 aliphatic rings. The van der Waals surface area contributed by atoms with Gasteiger partial charge in [0.05, 0.1) is 13.2 Å². The van der Waals surface area contributed by atoms with Crippen LogP contribution in [0.25, 0.3) is 0 Å². The highest BCUT2D eigenvalue weighted by atomic mass is 19.1. The largest absolute Gasteiger partial charge is 0.479 e. The lowest BCUT2D eigenvalue weighted by Gasteiger charge is -2.21. The maximum atomic E-state index is 13.0. The molecule has 2 atom stereocenters. The minimum absolute atomic E-state index is 0.150. The number of halogens is 1. The molecule has 13 heavy (non-hydrogen) atoms. The van der Waals surface area contributed by atoms with Crippen LogP contribution in [0.3, 0.4) is 0 Å². The maximum Gasteiger partial charge on any atom is 0.245 e. The van der Waals surface area contributed by atoms with Crippen molar-refractivity contribution in [3.05, 3.63) is 11.9 Å². The number of aliphatic imine (C=N–C) groups is 1. The standard InChI is InChI=1S/C10H16FNO/c1-4-7(2)9-6-5-8(11)10(12-9)13-3/h5,7,9H,4,6H2,1-3H3/t7-,9?/m1/s1. The SMILES string of the molecule is CC[C@@H](C)C1CC=C(F)C(OC)=N1. The van der Waals surface area contributed by atoms with Gasteiger partial charge in [-0.3, -0.25) is 0 Å². The van der Waals surface area contributed by atoms with E-state index in [4.69, 9.17) is 4.74 Å². The molecule has 0 spiro atoms. The lowest BCUT2D eigenvalue weighted by atomic mass is 9.95. The van der Waals surface area contributed by atoms with Gasteiger partial charge in [0.25, 0.3) is 0 Å². The molecule has 0 fully saturated rings. The van der Waals surface area contributed by atoms with E-state index in [-0.39, 0.29) is 17.8 Å². The molecular weight excluding hydrogens is 169 g/mol. The van der Waals surface area contributed by atoms with Gasteiger partial charge in [0, 0.05) is 0 Å². The molecule has 1 aliphatic heterocycles. The van der Waals surface area contributed by atoms with E-state index < -0.39 is 0 Å². The van der Waals surface area contributed by atoms with Crippen molar-refractivity contribution in [2.75, 3.05) is 7.11 Å². The molecule has 0 aromatic rings. The van der Waals surface area contributed by atoms with Crippen LogP contribution in [0.1, 0.15) is 26.7 Å². The van der Waals surface area contributed by atoms with Crippen molar-refractivity contribution >= 4 is 5.90 Å². The fourth-order valence-electron chi connectivity index (χ4n) is 1.36. The molecule has 1 rings (SSSR count). The Hall–Kier alpha value is -0.860. The first-order valence-corrected chi connectivity index (χ1v) is 4.66. The van der Waals surface area contributed by atoms with E-state index in [0.717, 1.165) is 6.42 Å². The van der Waals surface area contributed by atoms with Crippen molar-refractivity contribution in [1.82, 2.24) is 0 Å². The van der Waals surface area contributed by atoms with Crippen LogP contribution in [0, 0.1) is 5.92 Å². The van der Waals surface area contributed by atoms with Gasteiger partial charge < -0.3 is 4.74 Å². The van der Waals surface area contributed by atoms with Gasteiger partial charge in [0.1, 0.15) is 0 Å².